The van der Waals surface area contributed by atoms with E-state index in [1.807, 2.05) is 19.2 Å². The molecule has 1 aliphatic heterocycles. The number of carbonyl (C=O) groups is 2. The number of carboxylic acids is 1. The second-order valence-electron chi connectivity index (χ2n) is 12.4. The fourth-order valence-corrected chi connectivity index (χ4v) is 6.65. The van der Waals surface area contributed by atoms with Crippen molar-refractivity contribution in [1.82, 2.24) is 10.2 Å². The maximum absolute atomic E-state index is 13.5. The molecule has 1 aromatic rings. The number of hydrogen-bond donors (Lipinski definition) is 2. The van der Waals surface area contributed by atoms with E-state index >= 15 is 0 Å². The number of aryl methyl sites for hydroxylation is 1. The third-order valence-electron chi connectivity index (χ3n) is 8.51. The van der Waals surface area contributed by atoms with Gasteiger partial charge in [0.05, 0.1) is 23.1 Å². The Morgan fingerprint density at radius 1 is 1.29 bits per heavy atom. The number of methoxy groups -OCH3 is 1. The number of hydrogen-bond acceptors (Lipinski definition) is 3. The van der Waals surface area contributed by atoms with E-state index in [1.165, 1.54) is 0 Å². The van der Waals surface area contributed by atoms with Crippen molar-refractivity contribution in [1.29, 1.82) is 0 Å². The molecule has 2 atom stereocenters. The summed E-state index contributed by atoms with van der Waals surface area (Å²) >= 11 is 6.75. The molecule has 192 valence electrons. The number of benzene rings is 1. The van der Waals surface area contributed by atoms with Gasteiger partial charge in [0.25, 0.3) is 0 Å². The molecule has 1 aromatic carbocycles. The number of fused-ring (bicyclic) bond motifs is 1. The van der Waals surface area contributed by atoms with Crippen LogP contribution in [0.2, 0.25) is 5.02 Å². The van der Waals surface area contributed by atoms with Crippen LogP contribution in [-0.2, 0) is 21.5 Å². The molecular weight excluding hydrogens is 464 g/mol. The van der Waals surface area contributed by atoms with E-state index in [2.05, 4.69) is 45.1 Å². The predicted octanol–water partition coefficient (Wildman–Crippen LogP) is 6.12. The Morgan fingerprint density at radius 3 is 2.51 bits per heavy atom. The first kappa shape index (κ1) is 26.0. The van der Waals surface area contributed by atoms with Crippen molar-refractivity contribution in [3.05, 3.63) is 46.1 Å². The molecule has 3 saturated carbocycles. The number of nitrogens with one attached hydrogen (secondary N) is 1. The summed E-state index contributed by atoms with van der Waals surface area (Å²) in [7, 11) is 1.68. The number of rotatable bonds is 8. The Hall–Kier alpha value is -2.05. The average molecular weight is 503 g/mol. The van der Waals surface area contributed by atoms with Gasteiger partial charge in [-0.3, -0.25) is 9.69 Å². The molecule has 2 bridgehead atoms. The lowest BCUT2D eigenvalue weighted by Gasteiger charge is -2.53. The fourth-order valence-electron chi connectivity index (χ4n) is 6.38. The largest absolute Gasteiger partial charge is 0.481 e. The number of nitrogens with zero attached hydrogens (tertiary/aromatic N) is 1. The zero-order chi connectivity index (χ0) is 25.8. The molecule has 5 rings (SSSR count). The van der Waals surface area contributed by atoms with Gasteiger partial charge in [-0.15, -0.1) is 0 Å². The van der Waals surface area contributed by atoms with Gasteiger partial charge in [-0.2, -0.15) is 0 Å². The van der Waals surface area contributed by atoms with Gasteiger partial charge >= 0.3 is 12.0 Å². The van der Waals surface area contributed by atoms with Crippen molar-refractivity contribution >= 4 is 23.6 Å². The van der Waals surface area contributed by atoms with Gasteiger partial charge in [-0.25, -0.2) is 4.79 Å². The molecule has 2 amide bonds. The molecule has 35 heavy (non-hydrogen) atoms. The SMILES string of the molecule is COC[C@@H](C)C1=CN(C23CCC(C(=O)O)(C2)C3)C(=O)N[C@@]1(C)c1ccc(CCC(C)(C)C)c(Cl)c1. The number of amides is 2. The van der Waals surface area contributed by atoms with E-state index in [0.717, 1.165) is 29.5 Å². The Kier molecular flexibility index (Phi) is 6.55. The van der Waals surface area contributed by atoms with Gasteiger partial charge in [0.2, 0.25) is 0 Å². The summed E-state index contributed by atoms with van der Waals surface area (Å²) in [6.45, 7) is 11.3. The van der Waals surface area contributed by atoms with E-state index in [-0.39, 0.29) is 17.4 Å². The van der Waals surface area contributed by atoms with Crippen LogP contribution in [0.25, 0.3) is 0 Å². The summed E-state index contributed by atoms with van der Waals surface area (Å²) in [4.78, 5) is 27.1. The Balaban J connectivity index is 1.68. The van der Waals surface area contributed by atoms with Crippen LogP contribution in [-0.4, -0.2) is 41.3 Å². The number of halogens is 1. The molecule has 0 saturated heterocycles. The third kappa shape index (κ3) is 4.48. The highest BCUT2D eigenvalue weighted by atomic mass is 35.5. The third-order valence-corrected chi connectivity index (χ3v) is 8.86. The van der Waals surface area contributed by atoms with Crippen LogP contribution < -0.4 is 5.32 Å². The van der Waals surface area contributed by atoms with Crippen LogP contribution in [0, 0.1) is 16.7 Å². The van der Waals surface area contributed by atoms with Crippen LogP contribution in [0.3, 0.4) is 0 Å². The Labute approximate surface area is 214 Å². The molecule has 0 radical (unpaired) electrons. The topological polar surface area (TPSA) is 78.9 Å². The predicted molar refractivity (Wildman–Crippen MR) is 137 cm³/mol. The van der Waals surface area contributed by atoms with Crippen LogP contribution in [0.5, 0.6) is 0 Å². The maximum atomic E-state index is 13.5. The lowest BCUT2D eigenvalue weighted by Crippen LogP contribution is -2.64. The van der Waals surface area contributed by atoms with E-state index < -0.39 is 22.5 Å². The smallest absolute Gasteiger partial charge is 0.322 e. The van der Waals surface area contributed by atoms with Gasteiger partial charge in [-0.1, -0.05) is 51.4 Å². The number of carbonyl (C=O) groups excluding carboxylic acids is 1. The highest BCUT2D eigenvalue weighted by Crippen LogP contribution is 2.64. The number of carboxylic acid groups (broad SMARTS) is 1. The molecule has 1 heterocycles. The highest BCUT2D eigenvalue weighted by Gasteiger charge is 2.68. The minimum absolute atomic E-state index is 0.0366. The van der Waals surface area contributed by atoms with E-state index in [9.17, 15) is 14.7 Å². The van der Waals surface area contributed by atoms with Crippen LogP contribution in [0.1, 0.15) is 77.8 Å². The van der Waals surface area contributed by atoms with Crippen molar-refractivity contribution in [3.8, 4) is 0 Å². The van der Waals surface area contributed by atoms with Crippen LogP contribution in [0.4, 0.5) is 4.79 Å². The van der Waals surface area contributed by atoms with Gasteiger partial charge in [0.1, 0.15) is 0 Å². The Morgan fingerprint density at radius 2 is 1.97 bits per heavy atom. The van der Waals surface area contributed by atoms with Gasteiger partial charge in [-0.05, 0) is 73.6 Å². The molecular formula is C28H39ClN2O4. The maximum Gasteiger partial charge on any atom is 0.322 e. The standard InChI is InChI=1S/C28H39ClN2O4/c1-18(15-35-6)21-14-31(28-12-11-27(16-28,17-28)23(32)33)24(34)30-26(21,5)20-8-7-19(22(29)13-20)9-10-25(2,3)4/h7-8,13-14,18H,9-12,15-17H2,1-6H3,(H,30,34)(H,32,33)/t18-,26+,27?,28?/m1/s1. The summed E-state index contributed by atoms with van der Waals surface area (Å²) < 4.78 is 5.49. The van der Waals surface area contributed by atoms with Crippen molar-refractivity contribution in [3.63, 3.8) is 0 Å². The first-order chi connectivity index (χ1) is 16.3. The van der Waals surface area contributed by atoms with Crippen LogP contribution in [0.15, 0.2) is 30.0 Å². The molecule has 7 heteroatoms. The first-order valence-electron chi connectivity index (χ1n) is 12.6. The minimum atomic E-state index is -0.749. The normalized spacial score (nSPS) is 31.0. The molecule has 3 aliphatic carbocycles. The number of urea groups is 1. The van der Waals surface area contributed by atoms with Crippen molar-refractivity contribution in [2.45, 2.75) is 84.2 Å². The quantitative estimate of drug-likeness (QED) is 0.448. The molecule has 0 aromatic heterocycles. The zero-order valence-electron chi connectivity index (χ0n) is 21.8. The number of aliphatic carboxylic acids is 1. The summed E-state index contributed by atoms with van der Waals surface area (Å²) in [6, 6.07) is 5.94. The zero-order valence-corrected chi connectivity index (χ0v) is 22.6. The highest BCUT2D eigenvalue weighted by molar-refractivity contribution is 6.31. The molecule has 0 spiro atoms. The van der Waals surface area contributed by atoms with E-state index in [4.69, 9.17) is 16.3 Å². The number of ether oxygens (including phenoxy) is 1. The minimum Gasteiger partial charge on any atom is -0.481 e. The summed E-state index contributed by atoms with van der Waals surface area (Å²) in [5.41, 5.74) is 1.45. The molecule has 0 unspecified atom stereocenters. The average Bonchev–Trinajstić information content (AvgIpc) is 3.30. The van der Waals surface area contributed by atoms with E-state index in [0.29, 0.717) is 37.3 Å². The van der Waals surface area contributed by atoms with Crippen molar-refractivity contribution in [2.24, 2.45) is 16.7 Å². The van der Waals surface area contributed by atoms with E-state index in [1.54, 1.807) is 12.0 Å². The molecule has 6 nitrogen and oxygen atoms in total. The van der Waals surface area contributed by atoms with Crippen molar-refractivity contribution in [2.75, 3.05) is 13.7 Å². The molecule has 3 fully saturated rings. The van der Waals surface area contributed by atoms with Gasteiger partial charge in [0, 0.05) is 24.3 Å². The second-order valence-corrected chi connectivity index (χ2v) is 12.8. The second kappa shape index (κ2) is 8.81. The molecule has 2 N–H and O–H groups in total. The van der Waals surface area contributed by atoms with Crippen molar-refractivity contribution < 1.29 is 19.4 Å². The lowest BCUT2D eigenvalue weighted by atomic mass is 9.64. The van der Waals surface area contributed by atoms with Crippen LogP contribution >= 0.6 is 11.6 Å². The van der Waals surface area contributed by atoms with Gasteiger partial charge < -0.3 is 15.2 Å². The summed E-state index contributed by atoms with van der Waals surface area (Å²) in [5, 5.41) is 13.7. The summed E-state index contributed by atoms with van der Waals surface area (Å²) in [6.07, 6.45) is 6.25. The summed E-state index contributed by atoms with van der Waals surface area (Å²) in [5.74, 6) is -0.708. The lowest BCUT2D eigenvalue weighted by molar-refractivity contribution is -0.156. The Bertz CT molecular complexity index is 1050. The van der Waals surface area contributed by atoms with Gasteiger partial charge in [0.15, 0.2) is 0 Å². The molecule has 4 aliphatic rings. The monoisotopic (exact) mass is 502 g/mol. The first-order valence-corrected chi connectivity index (χ1v) is 13.0. The fraction of sp³-hybridized carbons (Fsp3) is 0.643.